The fourth-order valence-corrected chi connectivity index (χ4v) is 2.28. The Balaban J connectivity index is 2.21. The van der Waals surface area contributed by atoms with Crippen LogP contribution in [0.2, 0.25) is 5.22 Å². The summed E-state index contributed by atoms with van der Waals surface area (Å²) in [7, 11) is 0. The van der Waals surface area contributed by atoms with Gasteiger partial charge in [0.2, 0.25) is 0 Å². The maximum Gasteiger partial charge on any atom is 0.197 e. The van der Waals surface area contributed by atoms with E-state index in [9.17, 15) is 4.39 Å². The Morgan fingerprint density at radius 2 is 2.18 bits per heavy atom. The molecule has 0 spiro atoms. The van der Waals surface area contributed by atoms with Gasteiger partial charge in [0, 0.05) is 16.1 Å². The van der Waals surface area contributed by atoms with Gasteiger partial charge in [0.1, 0.15) is 5.82 Å². The molecule has 2 N–H and O–H groups in total. The van der Waals surface area contributed by atoms with Crippen LogP contribution < -0.4 is 5.73 Å². The smallest absolute Gasteiger partial charge is 0.197 e. The molecule has 1 aromatic carbocycles. The molecular weight excluding hydrogens is 308 g/mol. The van der Waals surface area contributed by atoms with Crippen LogP contribution in [0.1, 0.15) is 17.2 Å². The molecule has 0 aliphatic heterocycles. The van der Waals surface area contributed by atoms with Crippen molar-refractivity contribution in [3.05, 3.63) is 57.2 Å². The summed E-state index contributed by atoms with van der Waals surface area (Å²) in [5.74, 6) is -0.275. The topological polar surface area (TPSA) is 39.2 Å². The summed E-state index contributed by atoms with van der Waals surface area (Å²) in [5, 5.41) is 0.257. The number of benzene rings is 1. The van der Waals surface area contributed by atoms with E-state index >= 15 is 0 Å². The molecule has 2 aromatic rings. The molecule has 90 valence electrons. The van der Waals surface area contributed by atoms with Gasteiger partial charge in [-0.15, -0.1) is 0 Å². The molecule has 0 bridgehead atoms. The maximum atomic E-state index is 13.5. The number of nitrogens with two attached hydrogens (primary N) is 1. The van der Waals surface area contributed by atoms with Gasteiger partial charge in [-0.25, -0.2) is 4.39 Å². The third-order valence-electron chi connectivity index (χ3n) is 2.49. The second kappa shape index (κ2) is 5.21. The van der Waals surface area contributed by atoms with Crippen LogP contribution >= 0.6 is 27.5 Å². The second-order valence-electron chi connectivity index (χ2n) is 3.70. The van der Waals surface area contributed by atoms with Crippen LogP contribution in [0.15, 0.2) is 39.4 Å². The third kappa shape index (κ3) is 2.89. The molecule has 0 radical (unpaired) electrons. The lowest BCUT2D eigenvalue weighted by Gasteiger charge is -2.11. The first-order valence-corrected chi connectivity index (χ1v) is 6.17. The SMILES string of the molecule is NC(Cc1cc(Br)ccc1F)c1ccoc1Cl. The molecule has 2 rings (SSSR count). The number of hydrogen-bond acceptors (Lipinski definition) is 2. The lowest BCUT2D eigenvalue weighted by molar-refractivity contribution is 0.557. The highest BCUT2D eigenvalue weighted by molar-refractivity contribution is 9.10. The van der Waals surface area contributed by atoms with Gasteiger partial charge in [0.25, 0.3) is 0 Å². The average molecular weight is 319 g/mol. The van der Waals surface area contributed by atoms with E-state index in [2.05, 4.69) is 15.9 Å². The first kappa shape index (κ1) is 12.6. The van der Waals surface area contributed by atoms with Gasteiger partial charge in [-0.2, -0.15) is 0 Å². The highest BCUT2D eigenvalue weighted by Crippen LogP contribution is 2.26. The van der Waals surface area contributed by atoms with Crippen LogP contribution in [0.3, 0.4) is 0 Å². The van der Waals surface area contributed by atoms with Gasteiger partial charge in [-0.05, 0) is 47.9 Å². The Morgan fingerprint density at radius 3 is 2.82 bits per heavy atom. The molecular formula is C12H10BrClFNO. The van der Waals surface area contributed by atoms with Gasteiger partial charge in [0.15, 0.2) is 5.22 Å². The Kier molecular flexibility index (Phi) is 3.86. The zero-order valence-electron chi connectivity index (χ0n) is 8.79. The summed E-state index contributed by atoms with van der Waals surface area (Å²) >= 11 is 9.12. The van der Waals surface area contributed by atoms with Crippen molar-refractivity contribution in [2.24, 2.45) is 5.73 Å². The molecule has 2 nitrogen and oxygen atoms in total. The summed E-state index contributed by atoms with van der Waals surface area (Å²) in [6.45, 7) is 0. The first-order valence-electron chi connectivity index (χ1n) is 5.00. The Bertz CT molecular complexity index is 529. The molecule has 0 aliphatic rings. The molecule has 1 unspecified atom stereocenters. The normalized spacial score (nSPS) is 12.7. The maximum absolute atomic E-state index is 13.5. The van der Waals surface area contributed by atoms with E-state index in [-0.39, 0.29) is 17.1 Å². The number of halogens is 3. The van der Waals surface area contributed by atoms with E-state index in [0.29, 0.717) is 17.5 Å². The van der Waals surface area contributed by atoms with E-state index in [1.807, 2.05) is 0 Å². The van der Waals surface area contributed by atoms with E-state index in [0.717, 1.165) is 4.47 Å². The minimum Gasteiger partial charge on any atom is -0.453 e. The molecule has 1 atom stereocenters. The van der Waals surface area contributed by atoms with Gasteiger partial charge in [-0.1, -0.05) is 15.9 Å². The fourth-order valence-electron chi connectivity index (χ4n) is 1.62. The van der Waals surface area contributed by atoms with Crippen LogP contribution in [-0.4, -0.2) is 0 Å². The van der Waals surface area contributed by atoms with Crippen molar-refractivity contribution >= 4 is 27.5 Å². The molecule has 1 aromatic heterocycles. The summed E-state index contributed by atoms with van der Waals surface area (Å²) in [6, 6.07) is 6.08. The molecule has 0 saturated carbocycles. The van der Waals surface area contributed by atoms with Crippen LogP contribution in [0.25, 0.3) is 0 Å². The zero-order valence-corrected chi connectivity index (χ0v) is 11.1. The van der Waals surface area contributed by atoms with Crippen molar-refractivity contribution in [1.82, 2.24) is 0 Å². The molecule has 0 fully saturated rings. The van der Waals surface area contributed by atoms with Crippen molar-refractivity contribution in [2.45, 2.75) is 12.5 Å². The van der Waals surface area contributed by atoms with E-state index < -0.39 is 0 Å². The number of rotatable bonds is 3. The van der Waals surface area contributed by atoms with E-state index in [1.54, 1.807) is 18.2 Å². The largest absolute Gasteiger partial charge is 0.453 e. The Hall–Kier alpha value is -0.840. The summed E-state index contributed by atoms with van der Waals surface area (Å²) < 4.78 is 19.3. The Labute approximate surface area is 112 Å². The summed E-state index contributed by atoms with van der Waals surface area (Å²) in [5.41, 5.74) is 7.20. The van der Waals surface area contributed by atoms with Crippen LogP contribution in [0.5, 0.6) is 0 Å². The average Bonchev–Trinajstić information content (AvgIpc) is 2.70. The van der Waals surface area contributed by atoms with Crippen molar-refractivity contribution in [3.8, 4) is 0 Å². The minimum absolute atomic E-state index is 0.257. The second-order valence-corrected chi connectivity index (χ2v) is 4.95. The highest BCUT2D eigenvalue weighted by Gasteiger charge is 2.15. The van der Waals surface area contributed by atoms with Gasteiger partial charge in [-0.3, -0.25) is 0 Å². The quantitative estimate of drug-likeness (QED) is 0.926. The van der Waals surface area contributed by atoms with Crippen molar-refractivity contribution < 1.29 is 8.81 Å². The van der Waals surface area contributed by atoms with E-state index in [4.69, 9.17) is 21.8 Å². The summed E-state index contributed by atoms with van der Waals surface area (Å²) in [6.07, 6.45) is 1.83. The van der Waals surface area contributed by atoms with Crippen LogP contribution in [0, 0.1) is 5.82 Å². The third-order valence-corrected chi connectivity index (χ3v) is 3.29. The van der Waals surface area contributed by atoms with Gasteiger partial charge >= 0.3 is 0 Å². The lowest BCUT2D eigenvalue weighted by Crippen LogP contribution is -2.13. The van der Waals surface area contributed by atoms with E-state index in [1.165, 1.54) is 12.3 Å². The van der Waals surface area contributed by atoms with Gasteiger partial charge in [0.05, 0.1) is 6.26 Å². The van der Waals surface area contributed by atoms with Gasteiger partial charge < -0.3 is 10.2 Å². The fraction of sp³-hybridized carbons (Fsp3) is 0.167. The lowest BCUT2D eigenvalue weighted by atomic mass is 10.0. The standard InChI is InChI=1S/C12H10BrClFNO/c13-8-1-2-10(15)7(5-8)6-11(16)9-3-4-17-12(9)14/h1-5,11H,6,16H2. The molecule has 0 aliphatic carbocycles. The van der Waals surface area contributed by atoms with Crippen molar-refractivity contribution in [2.75, 3.05) is 0 Å². The predicted molar refractivity (Wildman–Crippen MR) is 68.5 cm³/mol. The molecule has 0 saturated heterocycles. The first-order chi connectivity index (χ1) is 8.08. The predicted octanol–water partition coefficient (Wildman–Crippen LogP) is 4.08. The minimum atomic E-state index is -0.384. The summed E-state index contributed by atoms with van der Waals surface area (Å²) in [4.78, 5) is 0. The number of hydrogen-bond donors (Lipinski definition) is 1. The Morgan fingerprint density at radius 1 is 1.41 bits per heavy atom. The molecule has 5 heteroatoms. The van der Waals surface area contributed by atoms with Crippen LogP contribution in [0.4, 0.5) is 4.39 Å². The highest BCUT2D eigenvalue weighted by atomic mass is 79.9. The molecule has 0 amide bonds. The van der Waals surface area contributed by atoms with Crippen molar-refractivity contribution in [3.63, 3.8) is 0 Å². The zero-order chi connectivity index (χ0) is 12.4. The van der Waals surface area contributed by atoms with Crippen LogP contribution in [-0.2, 0) is 6.42 Å². The number of furan rings is 1. The monoisotopic (exact) mass is 317 g/mol. The molecule has 1 heterocycles. The molecule has 17 heavy (non-hydrogen) atoms. The van der Waals surface area contributed by atoms with Crippen molar-refractivity contribution in [1.29, 1.82) is 0 Å².